The average Bonchev–Trinajstić information content (AvgIpc) is 3.19. The Morgan fingerprint density at radius 3 is 2.64 bits per heavy atom. The van der Waals surface area contributed by atoms with E-state index in [9.17, 15) is 9.59 Å². The van der Waals surface area contributed by atoms with Crippen LogP contribution in [-0.2, 0) is 11.3 Å². The number of hydrogen-bond acceptors (Lipinski definition) is 3. The molecule has 0 spiro atoms. The zero-order chi connectivity index (χ0) is 18.0. The summed E-state index contributed by atoms with van der Waals surface area (Å²) >= 11 is 1.74. The van der Waals surface area contributed by atoms with Gasteiger partial charge >= 0.3 is 0 Å². The number of Topliss-reactive ketones (excluding diaryl/α,β-unsaturated/α-hetero) is 1. The predicted molar refractivity (Wildman–Crippen MR) is 99.1 cm³/mol. The third-order valence-corrected chi connectivity index (χ3v) is 6.13. The Hall–Kier alpha value is -1.92. The maximum absolute atomic E-state index is 12.8. The first-order chi connectivity index (χ1) is 12.0. The number of carbonyl (C=O) groups excluding carboxylic acids is 2. The van der Waals surface area contributed by atoms with E-state index in [0.29, 0.717) is 6.54 Å². The van der Waals surface area contributed by atoms with Crippen molar-refractivity contribution in [3.8, 4) is 0 Å². The predicted octanol–water partition coefficient (Wildman–Crippen LogP) is 1.18. The van der Waals surface area contributed by atoms with Crippen molar-refractivity contribution in [3.63, 3.8) is 0 Å². The number of primary amides is 1. The maximum atomic E-state index is 12.8. The number of quaternary nitrogens is 1. The molecule has 3 rings (SSSR count). The number of aromatic nitrogens is 1. The first-order valence-electron chi connectivity index (χ1n) is 8.81. The highest BCUT2D eigenvalue weighted by atomic mass is 32.1. The minimum absolute atomic E-state index is 0.0188. The smallest absolute Gasteiger partial charge is 0.220 e. The van der Waals surface area contributed by atoms with Gasteiger partial charge in [-0.25, -0.2) is 0 Å². The third kappa shape index (κ3) is 4.02. The minimum Gasteiger partial charge on any atom is -0.369 e. The van der Waals surface area contributed by atoms with Crippen LogP contribution in [0.25, 0.3) is 0 Å². The molecule has 3 N–H and O–H groups in total. The Labute approximate surface area is 152 Å². The summed E-state index contributed by atoms with van der Waals surface area (Å²) in [6.07, 6.45) is 1.57. The molecule has 0 aromatic carbocycles. The Kier molecular flexibility index (Phi) is 5.39. The highest BCUT2D eigenvalue weighted by molar-refractivity contribution is 7.09. The lowest BCUT2D eigenvalue weighted by molar-refractivity contribution is -0.897. The number of aryl methyl sites for hydroxylation is 1. The van der Waals surface area contributed by atoms with Gasteiger partial charge in [-0.1, -0.05) is 6.07 Å². The summed E-state index contributed by atoms with van der Waals surface area (Å²) in [6.45, 7) is 7.08. The summed E-state index contributed by atoms with van der Waals surface area (Å²) in [5, 5.41) is 2.08. The molecule has 3 heterocycles. The highest BCUT2D eigenvalue weighted by Crippen LogP contribution is 2.19. The number of ketones is 1. The molecule has 6 heteroatoms. The van der Waals surface area contributed by atoms with Crippen LogP contribution in [0.1, 0.15) is 39.5 Å². The number of amides is 1. The standard InChI is InChI=1S/C19H25N3O2S/c1-13-10-17(14(2)22(13)11-16-4-3-9-25-16)18(23)12-21-7-5-15(6-8-21)19(20)24/h3-4,9-10,15H,5-8,11-12H2,1-2H3,(H2,20,24)/p+1. The van der Waals surface area contributed by atoms with E-state index >= 15 is 0 Å². The summed E-state index contributed by atoms with van der Waals surface area (Å²) in [6, 6.07) is 6.19. The van der Waals surface area contributed by atoms with Gasteiger partial charge in [0.05, 0.1) is 19.6 Å². The summed E-state index contributed by atoms with van der Waals surface area (Å²) < 4.78 is 2.22. The summed E-state index contributed by atoms with van der Waals surface area (Å²) in [7, 11) is 0. The number of likely N-dealkylation sites (tertiary alicyclic amines) is 1. The number of piperidine rings is 1. The van der Waals surface area contributed by atoms with E-state index in [-0.39, 0.29) is 17.6 Å². The zero-order valence-electron chi connectivity index (χ0n) is 14.9. The van der Waals surface area contributed by atoms with Gasteiger partial charge in [-0.15, -0.1) is 11.3 Å². The van der Waals surface area contributed by atoms with Gasteiger partial charge in [-0.2, -0.15) is 0 Å². The molecule has 0 atom stereocenters. The lowest BCUT2D eigenvalue weighted by Crippen LogP contribution is -3.14. The largest absolute Gasteiger partial charge is 0.369 e. The van der Waals surface area contributed by atoms with Gasteiger partial charge in [0.15, 0.2) is 0 Å². The SMILES string of the molecule is Cc1cc(C(=O)C[NH+]2CCC(C(N)=O)CC2)c(C)n1Cc1cccs1. The van der Waals surface area contributed by atoms with E-state index in [4.69, 9.17) is 5.73 Å². The van der Waals surface area contributed by atoms with Gasteiger partial charge in [-0.3, -0.25) is 9.59 Å². The molecule has 2 aromatic rings. The zero-order valence-corrected chi connectivity index (χ0v) is 15.7. The van der Waals surface area contributed by atoms with Crippen molar-refractivity contribution in [3.05, 3.63) is 45.4 Å². The van der Waals surface area contributed by atoms with Crippen LogP contribution in [0.5, 0.6) is 0 Å². The van der Waals surface area contributed by atoms with Crippen LogP contribution in [0.2, 0.25) is 0 Å². The van der Waals surface area contributed by atoms with E-state index in [1.807, 2.05) is 13.0 Å². The van der Waals surface area contributed by atoms with Crippen molar-refractivity contribution >= 4 is 23.0 Å². The van der Waals surface area contributed by atoms with Crippen LogP contribution >= 0.6 is 11.3 Å². The molecule has 0 radical (unpaired) electrons. The Morgan fingerprint density at radius 2 is 2.04 bits per heavy atom. The minimum atomic E-state index is -0.206. The number of nitrogens with two attached hydrogens (primary N) is 1. The Balaban J connectivity index is 1.66. The van der Waals surface area contributed by atoms with Gasteiger partial charge in [0.1, 0.15) is 6.54 Å². The molecule has 1 aliphatic rings. The fourth-order valence-electron chi connectivity index (χ4n) is 3.69. The quantitative estimate of drug-likeness (QED) is 0.760. The molecule has 1 fully saturated rings. The van der Waals surface area contributed by atoms with Crippen LogP contribution in [0.15, 0.2) is 23.6 Å². The van der Waals surface area contributed by atoms with Crippen molar-refractivity contribution < 1.29 is 14.5 Å². The van der Waals surface area contributed by atoms with Crippen molar-refractivity contribution in [2.75, 3.05) is 19.6 Å². The molecule has 25 heavy (non-hydrogen) atoms. The lowest BCUT2D eigenvalue weighted by atomic mass is 9.96. The molecule has 0 saturated carbocycles. The van der Waals surface area contributed by atoms with Crippen LogP contribution in [0, 0.1) is 19.8 Å². The molecular weight excluding hydrogens is 334 g/mol. The number of nitrogens with one attached hydrogen (secondary N) is 1. The van der Waals surface area contributed by atoms with Gasteiger partial charge in [0, 0.05) is 40.6 Å². The van der Waals surface area contributed by atoms with Gasteiger partial charge in [-0.05, 0) is 31.4 Å². The second-order valence-corrected chi connectivity index (χ2v) is 8.01. The molecule has 1 saturated heterocycles. The van der Waals surface area contributed by atoms with E-state index in [0.717, 1.165) is 49.4 Å². The lowest BCUT2D eigenvalue weighted by Gasteiger charge is -2.27. The topological polar surface area (TPSA) is 69.5 Å². The number of nitrogens with zero attached hydrogens (tertiary/aromatic N) is 1. The van der Waals surface area contributed by atoms with Crippen molar-refractivity contribution in [1.29, 1.82) is 0 Å². The van der Waals surface area contributed by atoms with E-state index in [2.05, 4.69) is 29.0 Å². The van der Waals surface area contributed by atoms with Gasteiger partial charge in [0.2, 0.25) is 11.7 Å². The molecule has 5 nitrogen and oxygen atoms in total. The average molecular weight is 361 g/mol. The number of carbonyl (C=O) groups is 2. The second-order valence-electron chi connectivity index (χ2n) is 6.98. The number of thiophene rings is 1. The molecule has 0 unspecified atom stereocenters. The molecular formula is C19H26N3O2S+. The monoisotopic (exact) mass is 360 g/mol. The normalized spacial score (nSPS) is 20.6. The second kappa shape index (κ2) is 7.54. The number of rotatable bonds is 6. The Morgan fingerprint density at radius 1 is 1.32 bits per heavy atom. The van der Waals surface area contributed by atoms with E-state index < -0.39 is 0 Å². The molecule has 1 aliphatic heterocycles. The molecule has 0 bridgehead atoms. The van der Waals surface area contributed by atoms with E-state index in [1.165, 1.54) is 9.78 Å². The summed E-state index contributed by atoms with van der Waals surface area (Å²) in [5.41, 5.74) is 8.38. The van der Waals surface area contributed by atoms with Crippen LogP contribution in [0.3, 0.4) is 0 Å². The van der Waals surface area contributed by atoms with Gasteiger partial charge < -0.3 is 15.2 Å². The first kappa shape index (κ1) is 17.9. The van der Waals surface area contributed by atoms with Crippen molar-refractivity contribution in [2.45, 2.75) is 33.2 Å². The first-order valence-corrected chi connectivity index (χ1v) is 9.69. The van der Waals surface area contributed by atoms with Crippen LogP contribution < -0.4 is 10.6 Å². The Bertz CT molecular complexity index is 756. The van der Waals surface area contributed by atoms with Crippen LogP contribution in [0.4, 0.5) is 0 Å². The fraction of sp³-hybridized carbons (Fsp3) is 0.474. The number of hydrogen-bond donors (Lipinski definition) is 2. The maximum Gasteiger partial charge on any atom is 0.220 e. The highest BCUT2D eigenvalue weighted by Gasteiger charge is 2.28. The molecule has 2 aromatic heterocycles. The summed E-state index contributed by atoms with van der Waals surface area (Å²) in [5.74, 6) is -0.0322. The van der Waals surface area contributed by atoms with Crippen LogP contribution in [-0.4, -0.2) is 35.9 Å². The molecule has 0 aliphatic carbocycles. The van der Waals surface area contributed by atoms with E-state index in [1.54, 1.807) is 11.3 Å². The summed E-state index contributed by atoms with van der Waals surface area (Å²) in [4.78, 5) is 26.6. The third-order valence-electron chi connectivity index (χ3n) is 5.27. The fourth-order valence-corrected chi connectivity index (χ4v) is 4.39. The molecule has 134 valence electrons. The molecule has 1 amide bonds. The van der Waals surface area contributed by atoms with Crippen molar-refractivity contribution in [1.82, 2.24) is 4.57 Å². The van der Waals surface area contributed by atoms with Crippen molar-refractivity contribution in [2.24, 2.45) is 11.7 Å². The van der Waals surface area contributed by atoms with Gasteiger partial charge in [0.25, 0.3) is 0 Å².